The highest BCUT2D eigenvalue weighted by atomic mass is 32.2. The van der Waals surface area contributed by atoms with Crippen molar-refractivity contribution in [2.45, 2.75) is 43.2 Å². The molecule has 1 saturated carbocycles. The first-order valence-corrected chi connectivity index (χ1v) is 12.9. The number of carbonyl (C=O) groups excluding carboxylic acids is 2. The Morgan fingerprint density at radius 2 is 2.03 bits per heavy atom. The number of fused-ring (bicyclic) bond motifs is 1. The minimum absolute atomic E-state index is 0.0278. The van der Waals surface area contributed by atoms with Crippen molar-refractivity contribution in [3.05, 3.63) is 45.8 Å². The van der Waals surface area contributed by atoms with Crippen LogP contribution in [0.15, 0.2) is 29.3 Å². The summed E-state index contributed by atoms with van der Waals surface area (Å²) in [5.74, 6) is -1.92. The van der Waals surface area contributed by atoms with Crippen LogP contribution in [0.3, 0.4) is 0 Å². The summed E-state index contributed by atoms with van der Waals surface area (Å²) in [4.78, 5) is 46.3. The number of hydrogen-bond donors (Lipinski definition) is 3. The normalized spacial score (nSPS) is 14.8. The Morgan fingerprint density at radius 1 is 1.29 bits per heavy atom. The number of rotatable bonds is 8. The summed E-state index contributed by atoms with van der Waals surface area (Å²) in [5, 5.41) is 2.54. The lowest BCUT2D eigenvalue weighted by Crippen LogP contribution is -2.42. The van der Waals surface area contributed by atoms with Crippen LogP contribution in [0.4, 0.5) is 4.39 Å². The van der Waals surface area contributed by atoms with Crippen LogP contribution in [-0.2, 0) is 19.4 Å². The molecule has 0 bridgehead atoms. The van der Waals surface area contributed by atoms with Crippen LogP contribution in [0, 0.1) is 5.82 Å². The SMILES string of the molecule is CC(C)S(=O)(=O)C(C(=O)NCC(=O)NC1CC1)c1nc2cc(F)c(-c3cnc(=O)[nH]c3)cc2s1. The van der Waals surface area contributed by atoms with E-state index in [9.17, 15) is 27.2 Å². The van der Waals surface area contributed by atoms with E-state index in [1.54, 1.807) is 0 Å². The van der Waals surface area contributed by atoms with Crippen molar-refractivity contribution < 1.29 is 22.4 Å². The van der Waals surface area contributed by atoms with Crippen LogP contribution in [0.2, 0.25) is 0 Å². The van der Waals surface area contributed by atoms with Crippen molar-refractivity contribution in [2.75, 3.05) is 6.54 Å². The van der Waals surface area contributed by atoms with Gasteiger partial charge in [0.1, 0.15) is 10.8 Å². The average Bonchev–Trinajstić information content (AvgIpc) is 3.49. The molecule has 10 nitrogen and oxygen atoms in total. The number of nitrogens with one attached hydrogen (secondary N) is 3. The van der Waals surface area contributed by atoms with Crippen LogP contribution in [0.1, 0.15) is 36.9 Å². The van der Waals surface area contributed by atoms with E-state index >= 15 is 0 Å². The molecule has 1 fully saturated rings. The molecule has 0 aliphatic heterocycles. The predicted octanol–water partition coefficient (Wildman–Crippen LogP) is 1.44. The summed E-state index contributed by atoms with van der Waals surface area (Å²) in [7, 11) is -4.01. The number of aromatic amines is 1. The Morgan fingerprint density at radius 3 is 2.65 bits per heavy atom. The maximum Gasteiger partial charge on any atom is 0.344 e. The van der Waals surface area contributed by atoms with Gasteiger partial charge in [0.15, 0.2) is 15.1 Å². The summed E-state index contributed by atoms with van der Waals surface area (Å²) < 4.78 is 41.3. The molecule has 4 rings (SSSR count). The molecule has 34 heavy (non-hydrogen) atoms. The van der Waals surface area contributed by atoms with E-state index in [0.717, 1.165) is 30.2 Å². The second kappa shape index (κ2) is 9.22. The van der Waals surface area contributed by atoms with Gasteiger partial charge >= 0.3 is 5.69 Å². The first-order valence-electron chi connectivity index (χ1n) is 10.5. The molecule has 2 heterocycles. The number of thiazole rings is 1. The quantitative estimate of drug-likeness (QED) is 0.417. The number of amides is 2. The second-order valence-electron chi connectivity index (χ2n) is 8.24. The maximum atomic E-state index is 14.8. The Bertz CT molecular complexity index is 1410. The Balaban J connectivity index is 1.68. The Kier molecular flexibility index (Phi) is 6.49. The molecule has 2 amide bonds. The van der Waals surface area contributed by atoms with E-state index in [0.29, 0.717) is 10.3 Å². The zero-order chi connectivity index (χ0) is 24.6. The largest absolute Gasteiger partial charge is 0.352 e. The van der Waals surface area contributed by atoms with Crippen molar-refractivity contribution in [2.24, 2.45) is 0 Å². The summed E-state index contributed by atoms with van der Waals surface area (Å²) in [6.45, 7) is 2.54. The van der Waals surface area contributed by atoms with Crippen LogP contribution in [0.5, 0.6) is 0 Å². The molecule has 0 radical (unpaired) electrons. The molecule has 3 N–H and O–H groups in total. The summed E-state index contributed by atoms with van der Waals surface area (Å²) >= 11 is 0.943. The van der Waals surface area contributed by atoms with Gasteiger partial charge in [-0.2, -0.15) is 0 Å². The third-order valence-corrected chi connectivity index (χ3v) is 8.93. The van der Waals surface area contributed by atoms with Crippen molar-refractivity contribution >= 4 is 43.2 Å². The number of hydrogen-bond acceptors (Lipinski definition) is 8. The number of nitrogens with zero attached hydrogens (tertiary/aromatic N) is 2. The minimum atomic E-state index is -4.01. The Hall–Kier alpha value is -3.19. The summed E-state index contributed by atoms with van der Waals surface area (Å²) in [6.07, 6.45) is 4.29. The Labute approximate surface area is 197 Å². The molecule has 1 aliphatic rings. The van der Waals surface area contributed by atoms with Crippen molar-refractivity contribution in [1.29, 1.82) is 0 Å². The molecule has 13 heteroatoms. The van der Waals surface area contributed by atoms with Gasteiger partial charge in [-0.3, -0.25) is 9.59 Å². The third-order valence-electron chi connectivity index (χ3n) is 5.29. The van der Waals surface area contributed by atoms with Gasteiger partial charge in [0.25, 0.3) is 0 Å². The van der Waals surface area contributed by atoms with E-state index in [2.05, 4.69) is 25.6 Å². The standard InChI is InChI=1S/C21H22FN5O5S2/c1-10(2)34(31,32)18(19(29)23-9-17(28)26-12-3-4-12)20-27-15-6-14(22)13(5-16(15)33-20)11-7-24-21(30)25-8-11/h5-8,10,12,18H,3-4,9H2,1-2H3,(H,23,29)(H,26,28)(H,24,25,30). The van der Waals surface area contributed by atoms with E-state index in [4.69, 9.17) is 0 Å². The predicted molar refractivity (Wildman–Crippen MR) is 124 cm³/mol. The minimum Gasteiger partial charge on any atom is -0.352 e. The van der Waals surface area contributed by atoms with Crippen LogP contribution in [0.25, 0.3) is 21.3 Å². The van der Waals surface area contributed by atoms with Gasteiger partial charge in [-0.05, 0) is 32.8 Å². The molecule has 2 aromatic heterocycles. The number of benzene rings is 1. The van der Waals surface area contributed by atoms with Gasteiger partial charge in [0, 0.05) is 35.6 Å². The second-order valence-corrected chi connectivity index (χ2v) is 11.9. The topological polar surface area (TPSA) is 151 Å². The van der Waals surface area contributed by atoms with Crippen LogP contribution in [-0.4, -0.2) is 53.0 Å². The third kappa shape index (κ3) is 4.99. The molecule has 1 unspecified atom stereocenters. The highest BCUT2D eigenvalue weighted by Crippen LogP contribution is 2.36. The molecule has 180 valence electrons. The molecule has 3 aromatic rings. The fraction of sp³-hybridized carbons (Fsp3) is 0.381. The van der Waals surface area contributed by atoms with E-state index in [1.807, 2.05) is 0 Å². The van der Waals surface area contributed by atoms with Crippen LogP contribution < -0.4 is 16.3 Å². The van der Waals surface area contributed by atoms with Crippen molar-refractivity contribution in [1.82, 2.24) is 25.6 Å². The maximum absolute atomic E-state index is 14.8. The fourth-order valence-corrected chi connectivity index (χ4v) is 6.01. The van der Waals surface area contributed by atoms with E-state index in [-0.39, 0.29) is 28.7 Å². The fourth-order valence-electron chi connectivity index (χ4n) is 3.23. The van der Waals surface area contributed by atoms with Crippen molar-refractivity contribution in [3.8, 4) is 11.1 Å². The lowest BCUT2D eigenvalue weighted by Gasteiger charge is -2.17. The lowest BCUT2D eigenvalue weighted by atomic mass is 10.1. The smallest absolute Gasteiger partial charge is 0.344 e. The summed E-state index contributed by atoms with van der Waals surface area (Å²) in [5.41, 5.74) is 0.0568. The molecular formula is C21H22FN5O5S2. The van der Waals surface area contributed by atoms with E-state index in [1.165, 1.54) is 32.3 Å². The molecule has 0 saturated heterocycles. The van der Waals surface area contributed by atoms with Gasteiger partial charge in [0.05, 0.1) is 22.0 Å². The number of H-pyrrole nitrogens is 1. The van der Waals surface area contributed by atoms with Gasteiger partial charge < -0.3 is 15.6 Å². The van der Waals surface area contributed by atoms with Gasteiger partial charge in [0.2, 0.25) is 11.8 Å². The van der Waals surface area contributed by atoms with Gasteiger partial charge in [-0.15, -0.1) is 11.3 Å². The first kappa shape index (κ1) is 24.0. The van der Waals surface area contributed by atoms with Gasteiger partial charge in [-0.25, -0.2) is 27.6 Å². The monoisotopic (exact) mass is 507 g/mol. The lowest BCUT2D eigenvalue weighted by molar-refractivity contribution is -0.126. The zero-order valence-electron chi connectivity index (χ0n) is 18.3. The van der Waals surface area contributed by atoms with Crippen LogP contribution >= 0.6 is 11.3 Å². The highest BCUT2D eigenvalue weighted by Gasteiger charge is 2.39. The summed E-state index contributed by atoms with van der Waals surface area (Å²) in [6, 6.07) is 2.70. The number of carbonyl (C=O) groups is 2. The number of halogens is 1. The molecule has 1 aliphatic carbocycles. The number of aromatic nitrogens is 3. The average molecular weight is 508 g/mol. The molecule has 1 atom stereocenters. The molecule has 1 aromatic carbocycles. The first-order chi connectivity index (χ1) is 16.1. The zero-order valence-corrected chi connectivity index (χ0v) is 19.9. The van der Waals surface area contributed by atoms with E-state index < -0.39 is 43.7 Å². The van der Waals surface area contributed by atoms with Crippen molar-refractivity contribution in [3.63, 3.8) is 0 Å². The molecular weight excluding hydrogens is 485 g/mol. The highest BCUT2D eigenvalue weighted by molar-refractivity contribution is 7.93. The van der Waals surface area contributed by atoms with Gasteiger partial charge in [-0.1, -0.05) is 0 Å². The number of sulfone groups is 1. The molecule has 0 spiro atoms.